The SMILES string of the molecule is COC(=O)CNc1c(-c2ccco2)nc2cc(C(=O)NC(CC(=O)O)c3ccc(C)cc3)ccn12. The van der Waals surface area contributed by atoms with E-state index in [1.807, 2.05) is 19.1 Å². The lowest BCUT2D eigenvalue weighted by Gasteiger charge is -2.18. The molecular formula is C25H24N4O6. The molecule has 0 bridgehead atoms. The summed E-state index contributed by atoms with van der Waals surface area (Å²) < 4.78 is 11.9. The van der Waals surface area contributed by atoms with Gasteiger partial charge in [-0.05, 0) is 36.8 Å². The highest BCUT2D eigenvalue weighted by molar-refractivity contribution is 5.96. The summed E-state index contributed by atoms with van der Waals surface area (Å²) >= 11 is 0. The predicted molar refractivity (Wildman–Crippen MR) is 127 cm³/mol. The molecule has 0 saturated carbocycles. The monoisotopic (exact) mass is 476 g/mol. The molecule has 1 unspecified atom stereocenters. The first-order valence-electron chi connectivity index (χ1n) is 10.8. The van der Waals surface area contributed by atoms with Crippen molar-refractivity contribution in [2.24, 2.45) is 0 Å². The molecule has 3 heterocycles. The van der Waals surface area contributed by atoms with Crippen molar-refractivity contribution in [1.29, 1.82) is 0 Å². The van der Waals surface area contributed by atoms with Crippen LogP contribution in [-0.2, 0) is 14.3 Å². The average molecular weight is 476 g/mol. The first-order valence-corrected chi connectivity index (χ1v) is 10.8. The molecule has 4 aromatic rings. The van der Waals surface area contributed by atoms with Crippen molar-refractivity contribution >= 4 is 29.3 Å². The minimum Gasteiger partial charge on any atom is -0.481 e. The van der Waals surface area contributed by atoms with Gasteiger partial charge in [0, 0.05) is 11.8 Å². The number of nitrogens with one attached hydrogen (secondary N) is 2. The van der Waals surface area contributed by atoms with Gasteiger partial charge in [-0.1, -0.05) is 29.8 Å². The molecule has 3 N–H and O–H groups in total. The molecule has 0 radical (unpaired) electrons. The van der Waals surface area contributed by atoms with Crippen LogP contribution >= 0.6 is 0 Å². The zero-order valence-electron chi connectivity index (χ0n) is 19.1. The number of aromatic nitrogens is 2. The highest BCUT2D eigenvalue weighted by atomic mass is 16.5. The Kier molecular flexibility index (Phi) is 6.81. The van der Waals surface area contributed by atoms with Crippen LogP contribution in [0.3, 0.4) is 0 Å². The van der Waals surface area contributed by atoms with Crippen molar-refractivity contribution in [1.82, 2.24) is 14.7 Å². The number of carboxylic acids is 1. The first kappa shape index (κ1) is 23.6. The fourth-order valence-corrected chi connectivity index (χ4v) is 3.64. The van der Waals surface area contributed by atoms with Crippen molar-refractivity contribution in [2.75, 3.05) is 19.0 Å². The Morgan fingerprint density at radius 1 is 1.17 bits per heavy atom. The lowest BCUT2D eigenvalue weighted by Crippen LogP contribution is -2.30. The van der Waals surface area contributed by atoms with Crippen molar-refractivity contribution in [3.8, 4) is 11.5 Å². The number of rotatable bonds is 9. The smallest absolute Gasteiger partial charge is 0.325 e. The Hall–Kier alpha value is -4.60. The number of amides is 1. The molecule has 1 amide bonds. The average Bonchev–Trinajstić information content (AvgIpc) is 3.49. The van der Waals surface area contributed by atoms with Crippen LogP contribution in [0.2, 0.25) is 0 Å². The van der Waals surface area contributed by atoms with Crippen LogP contribution in [-0.4, -0.2) is 46.0 Å². The maximum absolute atomic E-state index is 13.1. The maximum Gasteiger partial charge on any atom is 0.325 e. The van der Waals surface area contributed by atoms with Gasteiger partial charge < -0.3 is 24.9 Å². The molecule has 10 heteroatoms. The minimum atomic E-state index is -1.02. The van der Waals surface area contributed by atoms with E-state index in [4.69, 9.17) is 9.15 Å². The van der Waals surface area contributed by atoms with E-state index in [-0.39, 0.29) is 13.0 Å². The van der Waals surface area contributed by atoms with Crippen molar-refractivity contribution < 1.29 is 28.6 Å². The van der Waals surface area contributed by atoms with Crippen LogP contribution in [0.4, 0.5) is 5.82 Å². The quantitative estimate of drug-likeness (QED) is 0.313. The molecule has 3 aromatic heterocycles. The number of furan rings is 1. The highest BCUT2D eigenvalue weighted by Gasteiger charge is 2.21. The predicted octanol–water partition coefficient (Wildman–Crippen LogP) is 3.43. The fraction of sp³-hybridized carbons (Fsp3) is 0.200. The normalized spacial score (nSPS) is 11.7. The van der Waals surface area contributed by atoms with E-state index in [0.717, 1.165) is 5.56 Å². The number of methoxy groups -OCH3 is 1. The number of carboxylic acid groups (broad SMARTS) is 1. The minimum absolute atomic E-state index is 0.0896. The summed E-state index contributed by atoms with van der Waals surface area (Å²) in [6.45, 7) is 1.84. The molecule has 0 aliphatic rings. The third kappa shape index (κ3) is 5.32. The largest absolute Gasteiger partial charge is 0.481 e. The van der Waals surface area contributed by atoms with Gasteiger partial charge in [-0.3, -0.25) is 18.8 Å². The van der Waals surface area contributed by atoms with Crippen molar-refractivity contribution in [3.63, 3.8) is 0 Å². The van der Waals surface area contributed by atoms with E-state index in [0.29, 0.717) is 34.0 Å². The summed E-state index contributed by atoms with van der Waals surface area (Å²) in [5.74, 6) is -0.944. The summed E-state index contributed by atoms with van der Waals surface area (Å²) in [7, 11) is 1.30. The molecule has 4 rings (SSSR count). The fourth-order valence-electron chi connectivity index (χ4n) is 3.64. The van der Waals surface area contributed by atoms with Crippen LogP contribution in [0, 0.1) is 6.92 Å². The van der Waals surface area contributed by atoms with Gasteiger partial charge in [0.05, 0.1) is 25.8 Å². The van der Waals surface area contributed by atoms with Gasteiger partial charge in [0.1, 0.15) is 23.7 Å². The number of imidazole rings is 1. The molecule has 0 fully saturated rings. The second-order valence-corrected chi connectivity index (χ2v) is 7.89. The number of pyridine rings is 1. The van der Waals surface area contributed by atoms with E-state index >= 15 is 0 Å². The van der Waals surface area contributed by atoms with E-state index in [2.05, 4.69) is 15.6 Å². The molecule has 180 valence electrons. The number of ether oxygens (including phenoxy) is 1. The number of aryl methyl sites for hydroxylation is 1. The van der Waals surface area contributed by atoms with Gasteiger partial charge in [0.25, 0.3) is 5.91 Å². The Bertz CT molecular complexity index is 1360. The molecule has 10 nitrogen and oxygen atoms in total. The summed E-state index contributed by atoms with van der Waals surface area (Å²) in [5, 5.41) is 15.2. The summed E-state index contributed by atoms with van der Waals surface area (Å²) in [5.41, 5.74) is 2.92. The molecule has 1 aromatic carbocycles. The van der Waals surface area contributed by atoms with E-state index in [1.54, 1.807) is 47.0 Å². The number of esters is 1. The van der Waals surface area contributed by atoms with Gasteiger partial charge in [-0.15, -0.1) is 0 Å². The van der Waals surface area contributed by atoms with Crippen molar-refractivity contribution in [2.45, 2.75) is 19.4 Å². The standard InChI is InChI=1S/C25H24N4O6/c1-15-5-7-16(8-6-15)18(13-21(30)31)27-25(33)17-9-10-29-20(12-17)28-23(19-4-3-11-35-19)24(29)26-14-22(32)34-2/h3-12,18,26H,13-14H2,1-2H3,(H,27,33)(H,30,31). The van der Waals surface area contributed by atoms with E-state index in [1.165, 1.54) is 13.4 Å². The Morgan fingerprint density at radius 3 is 2.60 bits per heavy atom. The van der Waals surface area contributed by atoms with Gasteiger partial charge in [-0.25, -0.2) is 4.98 Å². The van der Waals surface area contributed by atoms with Crippen molar-refractivity contribution in [3.05, 3.63) is 77.7 Å². The highest BCUT2D eigenvalue weighted by Crippen LogP contribution is 2.29. The summed E-state index contributed by atoms with van der Waals surface area (Å²) in [6.07, 6.45) is 2.89. The lowest BCUT2D eigenvalue weighted by molar-refractivity contribution is -0.139. The van der Waals surface area contributed by atoms with E-state index < -0.39 is 23.9 Å². The Labute approximate surface area is 200 Å². The summed E-state index contributed by atoms with van der Waals surface area (Å²) in [6, 6.07) is 13.3. The molecular weight excluding hydrogens is 452 g/mol. The van der Waals surface area contributed by atoms with Gasteiger partial charge in [0.15, 0.2) is 5.76 Å². The number of anilines is 1. The molecule has 0 aliphatic heterocycles. The van der Waals surface area contributed by atoms with Crippen LogP contribution in [0.1, 0.15) is 33.9 Å². The Balaban J connectivity index is 1.65. The zero-order chi connectivity index (χ0) is 24.9. The Morgan fingerprint density at radius 2 is 1.94 bits per heavy atom. The second-order valence-electron chi connectivity index (χ2n) is 7.89. The third-order valence-corrected chi connectivity index (χ3v) is 5.43. The molecule has 0 saturated heterocycles. The van der Waals surface area contributed by atoms with Crippen LogP contribution in [0.25, 0.3) is 17.1 Å². The number of nitrogens with zero attached hydrogens (tertiary/aromatic N) is 2. The maximum atomic E-state index is 13.1. The molecule has 35 heavy (non-hydrogen) atoms. The number of aliphatic carboxylic acids is 1. The van der Waals surface area contributed by atoms with Gasteiger partial charge in [-0.2, -0.15) is 0 Å². The number of carbonyl (C=O) groups excluding carboxylic acids is 2. The van der Waals surface area contributed by atoms with Crippen LogP contribution in [0.15, 0.2) is 65.4 Å². The summed E-state index contributed by atoms with van der Waals surface area (Å²) in [4.78, 5) is 40.7. The topological polar surface area (TPSA) is 135 Å². The number of fused-ring (bicyclic) bond motifs is 1. The lowest BCUT2D eigenvalue weighted by atomic mass is 10.0. The van der Waals surface area contributed by atoms with Gasteiger partial charge in [0.2, 0.25) is 0 Å². The zero-order valence-corrected chi connectivity index (χ0v) is 19.1. The first-order chi connectivity index (χ1) is 16.9. The number of benzene rings is 1. The van der Waals surface area contributed by atoms with Crippen LogP contribution in [0.5, 0.6) is 0 Å². The van der Waals surface area contributed by atoms with Gasteiger partial charge >= 0.3 is 11.9 Å². The number of hydrogen-bond donors (Lipinski definition) is 3. The van der Waals surface area contributed by atoms with Crippen LogP contribution < -0.4 is 10.6 Å². The molecule has 0 spiro atoms. The third-order valence-electron chi connectivity index (χ3n) is 5.43. The second kappa shape index (κ2) is 10.1. The number of carbonyl (C=O) groups is 3. The molecule has 0 aliphatic carbocycles. The molecule has 1 atom stereocenters. The number of hydrogen-bond acceptors (Lipinski definition) is 7. The van der Waals surface area contributed by atoms with E-state index in [9.17, 15) is 19.5 Å².